The Morgan fingerprint density at radius 3 is 2.71 bits per heavy atom. The summed E-state index contributed by atoms with van der Waals surface area (Å²) in [7, 11) is 6.69. The van der Waals surface area contributed by atoms with Gasteiger partial charge in [0.15, 0.2) is 0 Å². The van der Waals surface area contributed by atoms with Crippen molar-refractivity contribution in [3.05, 3.63) is 41.1 Å². The molecule has 2 atom stereocenters. The third-order valence-electron chi connectivity index (χ3n) is 2.26. The maximum Gasteiger partial charge on any atom is 1.00 e. The molecule has 5 nitrogen and oxygen atoms in total. The first kappa shape index (κ1) is 15.5. The van der Waals surface area contributed by atoms with Crippen LogP contribution < -0.4 is 51.4 Å². The maximum absolute atomic E-state index is 8.10. The van der Waals surface area contributed by atoms with Gasteiger partial charge in [0.1, 0.15) is 0 Å². The van der Waals surface area contributed by atoms with Gasteiger partial charge in [-0.3, -0.25) is 9.86 Å². The van der Waals surface area contributed by atoms with Crippen molar-refractivity contribution in [2.24, 2.45) is 0 Å². The molecule has 0 radical (unpaired) electrons. The summed E-state index contributed by atoms with van der Waals surface area (Å²) < 4.78 is 3.42. The van der Waals surface area contributed by atoms with E-state index in [1.54, 1.807) is 23.9 Å². The van der Waals surface area contributed by atoms with Crippen LogP contribution in [0.3, 0.4) is 0 Å². The smallest absolute Gasteiger partial charge is 0.468 e. The molecule has 1 N–H and O–H groups in total. The van der Waals surface area contributed by atoms with E-state index in [0.717, 1.165) is 16.9 Å². The molecular weight excluding hydrogens is 279 g/mol. The topological polar surface area (TPSA) is 60.7 Å². The van der Waals surface area contributed by atoms with E-state index < -0.39 is 0 Å². The minimum atomic E-state index is 0. The molecule has 0 amide bonds. The SMILES string of the molecule is C[N-]c1c(C(=N)c2cnn(P)c2)ccn1P.[K+]. The summed E-state index contributed by atoms with van der Waals surface area (Å²) in [6.07, 6.45) is 5.31. The second-order valence-electron chi connectivity index (χ2n) is 3.27. The number of aromatic nitrogens is 3. The minimum Gasteiger partial charge on any atom is -0.468 e. The van der Waals surface area contributed by atoms with Crippen molar-refractivity contribution in [3.63, 3.8) is 0 Å². The Kier molecular flexibility index (Phi) is 6.00. The number of nitrogens with zero attached hydrogens (tertiary/aromatic N) is 4. The van der Waals surface area contributed by atoms with E-state index in [4.69, 9.17) is 5.41 Å². The number of hydrogen-bond donors (Lipinski definition) is 1. The Balaban J connectivity index is 0.00000144. The van der Waals surface area contributed by atoms with Gasteiger partial charge in [-0.1, -0.05) is 19.3 Å². The first-order valence-corrected chi connectivity index (χ1v) is 5.62. The Hall–Kier alpha value is 0.456. The average Bonchev–Trinajstić information content (AvgIpc) is 2.83. The van der Waals surface area contributed by atoms with E-state index in [1.165, 1.54) is 0 Å². The van der Waals surface area contributed by atoms with Gasteiger partial charge >= 0.3 is 51.4 Å². The van der Waals surface area contributed by atoms with Crippen molar-refractivity contribution in [2.75, 3.05) is 7.05 Å². The summed E-state index contributed by atoms with van der Waals surface area (Å²) in [5, 5.41) is 16.3. The van der Waals surface area contributed by atoms with Crippen LogP contribution in [0, 0.1) is 5.41 Å². The fourth-order valence-electron chi connectivity index (χ4n) is 1.49. The van der Waals surface area contributed by atoms with Crippen LogP contribution in [-0.2, 0) is 0 Å². The largest absolute Gasteiger partial charge is 1.00 e. The van der Waals surface area contributed by atoms with Gasteiger partial charge in [0.05, 0.1) is 11.9 Å². The van der Waals surface area contributed by atoms with Gasteiger partial charge < -0.3 is 9.65 Å². The van der Waals surface area contributed by atoms with Gasteiger partial charge in [0.2, 0.25) is 0 Å². The molecule has 2 unspecified atom stereocenters. The Bertz CT molecular complexity index is 533. The van der Waals surface area contributed by atoms with E-state index in [2.05, 4.69) is 29.2 Å². The van der Waals surface area contributed by atoms with Crippen molar-refractivity contribution >= 4 is 30.3 Å². The fraction of sp³-hybridized carbons (Fsp3) is 0.111. The van der Waals surface area contributed by atoms with Gasteiger partial charge in [0, 0.05) is 11.8 Å². The van der Waals surface area contributed by atoms with Crippen LogP contribution in [0.25, 0.3) is 5.32 Å². The van der Waals surface area contributed by atoms with E-state index >= 15 is 0 Å². The van der Waals surface area contributed by atoms with E-state index in [-0.39, 0.29) is 51.4 Å². The zero-order valence-corrected chi connectivity index (χ0v) is 15.2. The normalized spacial score (nSPS) is 9.82. The molecular formula is C9H12KN5P2. The van der Waals surface area contributed by atoms with Gasteiger partial charge in [-0.15, -0.1) is 9.39 Å². The van der Waals surface area contributed by atoms with Gasteiger partial charge in [-0.2, -0.15) is 5.10 Å². The molecule has 0 bridgehead atoms. The molecule has 17 heavy (non-hydrogen) atoms. The summed E-state index contributed by atoms with van der Waals surface area (Å²) in [6.45, 7) is 0. The molecule has 2 aromatic rings. The van der Waals surface area contributed by atoms with Crippen molar-refractivity contribution in [1.29, 1.82) is 5.41 Å². The third kappa shape index (κ3) is 3.26. The van der Waals surface area contributed by atoms with Crippen molar-refractivity contribution in [1.82, 2.24) is 13.9 Å². The van der Waals surface area contributed by atoms with Crippen LogP contribution >= 0.6 is 18.8 Å². The summed E-state index contributed by atoms with van der Waals surface area (Å²) in [5.41, 5.74) is 2.00. The van der Waals surface area contributed by atoms with Crippen LogP contribution in [-0.4, -0.2) is 26.6 Å². The minimum absolute atomic E-state index is 0. The van der Waals surface area contributed by atoms with Crippen LogP contribution in [0.1, 0.15) is 11.1 Å². The fourth-order valence-corrected chi connectivity index (χ4v) is 2.06. The van der Waals surface area contributed by atoms with Crippen LogP contribution in [0.5, 0.6) is 0 Å². The molecule has 0 saturated carbocycles. The zero-order valence-electron chi connectivity index (χ0n) is 9.75. The van der Waals surface area contributed by atoms with E-state index in [1.807, 2.05) is 16.6 Å². The predicted molar refractivity (Wildman–Crippen MR) is 71.7 cm³/mol. The summed E-state index contributed by atoms with van der Waals surface area (Å²) in [6, 6.07) is 1.87. The molecule has 0 aliphatic carbocycles. The Labute approximate surface area is 147 Å². The molecule has 2 rings (SSSR count). The first-order valence-electron chi connectivity index (χ1n) is 4.58. The van der Waals surface area contributed by atoms with Crippen LogP contribution in [0.4, 0.5) is 5.82 Å². The van der Waals surface area contributed by atoms with Crippen LogP contribution in [0.2, 0.25) is 0 Å². The summed E-state index contributed by atoms with van der Waals surface area (Å²) in [5.74, 6) is 0.770. The quantitative estimate of drug-likeness (QED) is 0.441. The van der Waals surface area contributed by atoms with Crippen LogP contribution in [0.15, 0.2) is 24.7 Å². The monoisotopic (exact) mass is 291 g/mol. The van der Waals surface area contributed by atoms with E-state index in [9.17, 15) is 0 Å². The molecule has 0 saturated heterocycles. The Morgan fingerprint density at radius 1 is 1.47 bits per heavy atom. The van der Waals surface area contributed by atoms with E-state index in [0.29, 0.717) is 5.71 Å². The van der Waals surface area contributed by atoms with Crippen molar-refractivity contribution < 1.29 is 51.4 Å². The molecule has 8 heteroatoms. The first-order chi connectivity index (χ1) is 7.63. The van der Waals surface area contributed by atoms with Gasteiger partial charge in [-0.05, 0) is 20.8 Å². The zero-order chi connectivity index (χ0) is 11.7. The van der Waals surface area contributed by atoms with Gasteiger partial charge in [-0.25, -0.2) is 0 Å². The number of hydrogen-bond acceptors (Lipinski definition) is 2. The number of rotatable bonds is 3. The third-order valence-corrected chi connectivity index (χ3v) is 2.96. The molecule has 0 fully saturated rings. The molecule has 84 valence electrons. The second-order valence-corrected chi connectivity index (χ2v) is 4.35. The molecule has 0 aliphatic heterocycles. The summed E-state index contributed by atoms with van der Waals surface area (Å²) >= 11 is 0. The maximum atomic E-state index is 8.10. The molecule has 0 aromatic carbocycles. The standard InChI is InChI=1S/C9H12N5P2.K/c1-11-9-7(2-3-13(9)15)8(10)6-4-12-14(16)5-6;/h2-5,10H,15-16H2,1H3;/q-1;+1. The summed E-state index contributed by atoms with van der Waals surface area (Å²) in [4.78, 5) is 0. The average molecular weight is 291 g/mol. The second kappa shape index (κ2) is 6.57. The predicted octanol–water partition coefficient (Wildman–Crippen LogP) is -0.984. The number of nitrogens with one attached hydrogen (secondary N) is 1. The van der Waals surface area contributed by atoms with Crippen molar-refractivity contribution in [2.45, 2.75) is 0 Å². The molecule has 2 aromatic heterocycles. The van der Waals surface area contributed by atoms with Gasteiger partial charge in [0.25, 0.3) is 0 Å². The van der Waals surface area contributed by atoms with Crippen molar-refractivity contribution in [3.8, 4) is 0 Å². The molecule has 2 heterocycles. The Morgan fingerprint density at radius 2 is 2.18 bits per heavy atom. The molecule has 0 aliphatic rings. The molecule has 0 spiro atoms.